The number of ether oxygens (including phenoxy) is 1. The quantitative estimate of drug-likeness (QED) is 0.412. The van der Waals surface area contributed by atoms with Gasteiger partial charge in [0.05, 0.1) is 0 Å². The fourth-order valence-corrected chi connectivity index (χ4v) is 0.914. The summed E-state index contributed by atoms with van der Waals surface area (Å²) in [5, 5.41) is 25.5. The number of halogens is 1. The first-order valence-electron chi connectivity index (χ1n) is 3.15. The number of rotatable bonds is 2. The van der Waals surface area contributed by atoms with Gasteiger partial charge >= 0.3 is 5.97 Å². The van der Waals surface area contributed by atoms with E-state index in [1.165, 1.54) is 0 Å². The lowest BCUT2D eigenvalue weighted by Crippen LogP contribution is -2.33. The predicted molar refractivity (Wildman–Crippen MR) is 39.0 cm³/mol. The van der Waals surface area contributed by atoms with Crippen LogP contribution in [0.4, 0.5) is 0 Å². The Morgan fingerprint density at radius 1 is 1.54 bits per heavy atom. The number of carbonyl (C=O) groups is 2. The Bertz CT molecular complexity index is 295. The lowest BCUT2D eigenvalue weighted by Gasteiger charge is -2.12. The molecule has 0 amide bonds. The molecule has 0 fully saturated rings. The summed E-state index contributed by atoms with van der Waals surface area (Å²) in [4.78, 5) is 21.0. The fourth-order valence-electron chi connectivity index (χ4n) is 0.799. The van der Waals surface area contributed by atoms with Gasteiger partial charge in [-0.2, -0.15) is 0 Å². The van der Waals surface area contributed by atoms with Crippen molar-refractivity contribution >= 4 is 22.8 Å². The highest BCUT2D eigenvalue weighted by Crippen LogP contribution is 2.22. The third kappa shape index (κ3) is 1.58. The molecule has 7 heteroatoms. The van der Waals surface area contributed by atoms with Gasteiger partial charge in [0.1, 0.15) is 0 Å². The molecule has 13 heavy (non-hydrogen) atoms. The smallest absolute Gasteiger partial charge is 0.378 e. The normalized spacial score (nSPS) is 24.5. The molecule has 1 heterocycles. The van der Waals surface area contributed by atoms with E-state index in [4.69, 9.17) is 26.9 Å². The zero-order chi connectivity index (χ0) is 10.2. The molecule has 0 aliphatic carbocycles. The van der Waals surface area contributed by atoms with Crippen molar-refractivity contribution in [3.63, 3.8) is 0 Å². The molecule has 0 spiro atoms. The van der Waals surface area contributed by atoms with Crippen molar-refractivity contribution in [2.24, 2.45) is 0 Å². The third-order valence-electron chi connectivity index (χ3n) is 1.46. The molecule has 3 N–H and O–H groups in total. The van der Waals surface area contributed by atoms with Crippen LogP contribution in [0.5, 0.6) is 0 Å². The molecule has 0 aromatic heterocycles. The molecule has 0 saturated carbocycles. The fraction of sp³-hybridized carbons (Fsp3) is 0.333. The van der Waals surface area contributed by atoms with Crippen LogP contribution in [-0.4, -0.2) is 38.7 Å². The van der Waals surface area contributed by atoms with Gasteiger partial charge in [-0.3, -0.25) is 4.79 Å². The predicted octanol–water partition coefficient (Wildman–Crippen LogP) is -0.634. The van der Waals surface area contributed by atoms with Crippen molar-refractivity contribution in [1.82, 2.24) is 0 Å². The van der Waals surface area contributed by atoms with E-state index in [1.807, 2.05) is 0 Å². The second-order valence-corrected chi connectivity index (χ2v) is 2.68. The number of aliphatic hydroxyl groups is 3. The summed E-state index contributed by atoms with van der Waals surface area (Å²) < 4.78 is 4.24. The maximum Gasteiger partial charge on any atom is 0.378 e. The molecule has 2 atom stereocenters. The zero-order valence-corrected chi connectivity index (χ0v) is 6.85. The van der Waals surface area contributed by atoms with Gasteiger partial charge in [-0.1, -0.05) is 0 Å². The SMILES string of the molecule is O=C1O[C@H]([C@@H](O)C(=O)Cl)C(O)=C1O. The second kappa shape index (κ2) is 3.23. The molecule has 0 saturated heterocycles. The van der Waals surface area contributed by atoms with Gasteiger partial charge in [-0.05, 0) is 11.6 Å². The van der Waals surface area contributed by atoms with Crippen LogP contribution in [0.1, 0.15) is 0 Å². The van der Waals surface area contributed by atoms with E-state index in [0.717, 1.165) is 0 Å². The molecule has 1 aliphatic heterocycles. The first kappa shape index (κ1) is 9.82. The van der Waals surface area contributed by atoms with Gasteiger partial charge < -0.3 is 20.1 Å². The molecule has 0 aromatic carbocycles. The Morgan fingerprint density at radius 3 is 2.38 bits per heavy atom. The summed E-state index contributed by atoms with van der Waals surface area (Å²) in [6.07, 6.45) is -3.49. The average Bonchev–Trinajstić information content (AvgIpc) is 2.31. The monoisotopic (exact) mass is 208 g/mol. The number of hydrogen-bond donors (Lipinski definition) is 3. The van der Waals surface area contributed by atoms with Crippen LogP contribution in [0.15, 0.2) is 11.5 Å². The first-order chi connectivity index (χ1) is 5.95. The van der Waals surface area contributed by atoms with Crippen LogP contribution >= 0.6 is 11.6 Å². The Morgan fingerprint density at radius 2 is 2.08 bits per heavy atom. The van der Waals surface area contributed by atoms with Gasteiger partial charge in [0.2, 0.25) is 5.76 Å². The minimum Gasteiger partial charge on any atom is -0.505 e. The minimum absolute atomic E-state index is 0.897. The summed E-state index contributed by atoms with van der Waals surface area (Å²) in [6, 6.07) is 0. The maximum atomic E-state index is 10.6. The van der Waals surface area contributed by atoms with E-state index in [2.05, 4.69) is 4.74 Å². The molecule has 1 rings (SSSR count). The summed E-state index contributed by atoms with van der Waals surface area (Å²) in [5.74, 6) is -3.13. The van der Waals surface area contributed by atoms with Crippen LogP contribution in [0.3, 0.4) is 0 Å². The summed E-state index contributed by atoms with van der Waals surface area (Å²) >= 11 is 4.87. The first-order valence-corrected chi connectivity index (χ1v) is 3.53. The number of hydrogen-bond acceptors (Lipinski definition) is 6. The lowest BCUT2D eigenvalue weighted by molar-refractivity contribution is -0.148. The zero-order valence-electron chi connectivity index (χ0n) is 6.10. The number of carbonyl (C=O) groups excluding carboxylic acids is 2. The third-order valence-corrected chi connectivity index (χ3v) is 1.68. The van der Waals surface area contributed by atoms with E-state index in [-0.39, 0.29) is 0 Å². The average molecular weight is 209 g/mol. The largest absolute Gasteiger partial charge is 0.505 e. The van der Waals surface area contributed by atoms with Crippen molar-refractivity contribution in [3.05, 3.63) is 11.5 Å². The highest BCUT2D eigenvalue weighted by molar-refractivity contribution is 6.64. The maximum absolute atomic E-state index is 10.6. The Balaban J connectivity index is 2.88. The summed E-state index contributed by atoms with van der Waals surface area (Å²) in [5.41, 5.74) is 0. The highest BCUT2D eigenvalue weighted by atomic mass is 35.5. The van der Waals surface area contributed by atoms with Crippen molar-refractivity contribution in [2.75, 3.05) is 0 Å². The molecule has 0 aromatic rings. The number of cyclic esters (lactones) is 1. The van der Waals surface area contributed by atoms with Crippen LogP contribution in [0.25, 0.3) is 0 Å². The number of esters is 1. The van der Waals surface area contributed by atoms with Crippen molar-refractivity contribution in [3.8, 4) is 0 Å². The molecule has 72 valence electrons. The molecule has 6 nitrogen and oxygen atoms in total. The highest BCUT2D eigenvalue weighted by Gasteiger charge is 2.41. The van der Waals surface area contributed by atoms with Gasteiger partial charge in [0.15, 0.2) is 18.0 Å². The Labute approximate surface area is 77.0 Å². The van der Waals surface area contributed by atoms with Crippen LogP contribution in [-0.2, 0) is 14.3 Å². The molecule has 0 radical (unpaired) electrons. The van der Waals surface area contributed by atoms with E-state index in [1.54, 1.807) is 0 Å². The van der Waals surface area contributed by atoms with Gasteiger partial charge in [0.25, 0.3) is 5.24 Å². The molecule has 1 aliphatic rings. The molecular formula is C6H5ClO6. The molecule has 0 bridgehead atoms. The second-order valence-electron chi connectivity index (χ2n) is 2.31. The van der Waals surface area contributed by atoms with Crippen LogP contribution < -0.4 is 0 Å². The van der Waals surface area contributed by atoms with E-state index >= 15 is 0 Å². The van der Waals surface area contributed by atoms with Gasteiger partial charge in [-0.15, -0.1) is 0 Å². The van der Waals surface area contributed by atoms with Crippen molar-refractivity contribution < 1.29 is 29.6 Å². The lowest BCUT2D eigenvalue weighted by atomic mass is 10.2. The van der Waals surface area contributed by atoms with E-state index < -0.39 is 34.9 Å². The van der Waals surface area contributed by atoms with E-state index in [9.17, 15) is 9.59 Å². The van der Waals surface area contributed by atoms with Crippen LogP contribution in [0.2, 0.25) is 0 Å². The Kier molecular flexibility index (Phi) is 2.44. The topological polar surface area (TPSA) is 104 Å². The van der Waals surface area contributed by atoms with Crippen LogP contribution in [0, 0.1) is 0 Å². The molecular weight excluding hydrogens is 204 g/mol. The van der Waals surface area contributed by atoms with E-state index in [0.29, 0.717) is 0 Å². The Hall–Kier alpha value is -1.27. The standard InChI is InChI=1S/C6H5ClO6/c7-5(11)3(10)4-1(8)2(9)6(12)13-4/h3-4,8-10H/t3-,4+/m1/s1. The van der Waals surface area contributed by atoms with Crippen molar-refractivity contribution in [1.29, 1.82) is 0 Å². The summed E-state index contributed by atoms with van der Waals surface area (Å²) in [6.45, 7) is 0. The number of aliphatic hydroxyl groups excluding tert-OH is 3. The van der Waals surface area contributed by atoms with Gasteiger partial charge in [-0.25, -0.2) is 4.79 Å². The summed E-state index contributed by atoms with van der Waals surface area (Å²) in [7, 11) is 0. The van der Waals surface area contributed by atoms with Gasteiger partial charge in [0, 0.05) is 0 Å². The molecule has 0 unspecified atom stereocenters. The van der Waals surface area contributed by atoms with Crippen molar-refractivity contribution in [2.45, 2.75) is 12.2 Å². The minimum atomic E-state index is -1.88.